The maximum Gasteiger partial charge on any atom is 0.119 e. The van der Waals surface area contributed by atoms with Crippen molar-refractivity contribution in [1.29, 1.82) is 0 Å². The molecule has 0 aromatic heterocycles. The van der Waals surface area contributed by atoms with Crippen LogP contribution in [0.4, 0.5) is 0 Å². The van der Waals surface area contributed by atoms with Crippen LogP contribution in [0, 0.1) is 5.92 Å². The van der Waals surface area contributed by atoms with Gasteiger partial charge in [0.2, 0.25) is 0 Å². The molecule has 0 amide bonds. The van der Waals surface area contributed by atoms with Crippen LogP contribution in [0.15, 0.2) is 18.2 Å². The fraction of sp³-hybridized carbons (Fsp3) is 0.647. The molecule has 0 heterocycles. The molecule has 1 aromatic rings. The van der Waals surface area contributed by atoms with Crippen molar-refractivity contribution >= 4 is 0 Å². The van der Waals surface area contributed by atoms with Gasteiger partial charge in [-0.15, -0.1) is 0 Å². The highest BCUT2D eigenvalue weighted by Crippen LogP contribution is 2.46. The fourth-order valence-electron chi connectivity index (χ4n) is 4.12. The molecule has 0 N–H and O–H groups in total. The Morgan fingerprint density at radius 3 is 2.94 bits per heavy atom. The molecule has 1 aromatic carbocycles. The molecule has 1 heteroatoms. The summed E-state index contributed by atoms with van der Waals surface area (Å²) < 4.78 is 5.42. The van der Waals surface area contributed by atoms with E-state index >= 15 is 0 Å². The van der Waals surface area contributed by atoms with Crippen molar-refractivity contribution < 1.29 is 4.74 Å². The quantitative estimate of drug-likeness (QED) is 0.707. The Bertz CT molecular complexity index is 437. The van der Waals surface area contributed by atoms with Gasteiger partial charge >= 0.3 is 0 Å². The lowest BCUT2D eigenvalue weighted by Crippen LogP contribution is -2.33. The number of hydrogen-bond donors (Lipinski definition) is 0. The molecule has 1 saturated carbocycles. The maximum atomic E-state index is 5.42. The summed E-state index contributed by atoms with van der Waals surface area (Å²) in [6, 6.07) is 6.74. The molecule has 98 valence electrons. The molecule has 0 saturated heterocycles. The number of methoxy groups -OCH3 is 1. The molecule has 2 bridgehead atoms. The number of ether oxygens (including phenoxy) is 1. The number of benzene rings is 1. The third-order valence-corrected chi connectivity index (χ3v) is 5.06. The predicted molar refractivity (Wildman–Crippen MR) is 75.2 cm³/mol. The average Bonchev–Trinajstić information content (AvgIpc) is 2.36. The lowest BCUT2D eigenvalue weighted by molar-refractivity contribution is 0.245. The second-order valence-corrected chi connectivity index (χ2v) is 6.46. The molecule has 2 aliphatic carbocycles. The van der Waals surface area contributed by atoms with E-state index in [2.05, 4.69) is 25.1 Å². The lowest BCUT2D eigenvalue weighted by atomic mass is 9.63. The van der Waals surface area contributed by atoms with Crippen molar-refractivity contribution in [3.05, 3.63) is 29.3 Å². The van der Waals surface area contributed by atoms with Crippen molar-refractivity contribution in [2.45, 2.75) is 57.3 Å². The molecule has 18 heavy (non-hydrogen) atoms. The Morgan fingerprint density at radius 2 is 2.11 bits per heavy atom. The topological polar surface area (TPSA) is 9.23 Å². The summed E-state index contributed by atoms with van der Waals surface area (Å²) in [6.45, 7) is 2.47. The largest absolute Gasteiger partial charge is 0.497 e. The van der Waals surface area contributed by atoms with E-state index in [0.29, 0.717) is 5.41 Å². The summed E-state index contributed by atoms with van der Waals surface area (Å²) in [4.78, 5) is 0. The van der Waals surface area contributed by atoms with Crippen LogP contribution in [0.3, 0.4) is 0 Å². The van der Waals surface area contributed by atoms with Crippen LogP contribution >= 0.6 is 0 Å². The minimum absolute atomic E-state index is 0.396. The Balaban J connectivity index is 2.03. The summed E-state index contributed by atoms with van der Waals surface area (Å²) in [5.74, 6) is 1.94. The van der Waals surface area contributed by atoms with E-state index in [4.69, 9.17) is 4.74 Å². The van der Waals surface area contributed by atoms with Gasteiger partial charge in [0.05, 0.1) is 7.11 Å². The zero-order valence-electron chi connectivity index (χ0n) is 11.7. The van der Waals surface area contributed by atoms with Gasteiger partial charge < -0.3 is 4.74 Å². The third kappa shape index (κ3) is 2.04. The molecule has 1 fully saturated rings. The maximum absolute atomic E-state index is 5.42. The third-order valence-electron chi connectivity index (χ3n) is 5.06. The molecule has 0 spiro atoms. The van der Waals surface area contributed by atoms with Gasteiger partial charge in [0, 0.05) is 0 Å². The standard InChI is InChI=1S/C17H24O/c1-17-9-5-3-4-6-13(12-17)10-14-7-8-15(18-2)11-16(14)17/h7-8,11,13H,3-6,9-10,12H2,1-2H3. The molecule has 1 nitrogen and oxygen atoms in total. The van der Waals surface area contributed by atoms with Crippen molar-refractivity contribution in [2.24, 2.45) is 5.92 Å². The Hall–Kier alpha value is -0.980. The van der Waals surface area contributed by atoms with Crippen LogP contribution in [-0.2, 0) is 11.8 Å². The molecular formula is C17H24O. The first-order valence-corrected chi connectivity index (χ1v) is 7.39. The second-order valence-electron chi connectivity index (χ2n) is 6.46. The summed E-state index contributed by atoms with van der Waals surface area (Å²) in [5.41, 5.74) is 3.55. The van der Waals surface area contributed by atoms with Crippen molar-refractivity contribution in [3.8, 4) is 5.75 Å². The predicted octanol–water partition coefficient (Wildman–Crippen LogP) is 4.48. The number of fused-ring (bicyclic) bond motifs is 4. The van der Waals surface area contributed by atoms with Crippen LogP contribution in [0.2, 0.25) is 0 Å². The van der Waals surface area contributed by atoms with Gasteiger partial charge in [0.15, 0.2) is 0 Å². The van der Waals surface area contributed by atoms with E-state index in [-0.39, 0.29) is 0 Å². The van der Waals surface area contributed by atoms with Gasteiger partial charge in [0.25, 0.3) is 0 Å². The van der Waals surface area contributed by atoms with Crippen LogP contribution in [0.1, 0.15) is 56.6 Å². The molecule has 3 rings (SSSR count). The number of hydrogen-bond acceptors (Lipinski definition) is 1. The fourth-order valence-corrected chi connectivity index (χ4v) is 4.12. The summed E-state index contributed by atoms with van der Waals surface area (Å²) in [5, 5.41) is 0. The van der Waals surface area contributed by atoms with E-state index in [0.717, 1.165) is 11.7 Å². The number of rotatable bonds is 1. The Labute approximate surface area is 111 Å². The van der Waals surface area contributed by atoms with Crippen LogP contribution in [-0.4, -0.2) is 7.11 Å². The van der Waals surface area contributed by atoms with Crippen molar-refractivity contribution in [2.75, 3.05) is 7.11 Å². The first kappa shape index (κ1) is 12.1. The minimum atomic E-state index is 0.396. The van der Waals surface area contributed by atoms with Gasteiger partial charge in [-0.25, -0.2) is 0 Å². The van der Waals surface area contributed by atoms with Gasteiger partial charge in [-0.1, -0.05) is 38.7 Å². The first-order chi connectivity index (χ1) is 8.71. The zero-order chi connectivity index (χ0) is 12.6. The molecule has 0 radical (unpaired) electrons. The van der Waals surface area contributed by atoms with Gasteiger partial charge in [-0.05, 0) is 53.9 Å². The van der Waals surface area contributed by atoms with E-state index in [9.17, 15) is 0 Å². The van der Waals surface area contributed by atoms with E-state index < -0.39 is 0 Å². The smallest absolute Gasteiger partial charge is 0.119 e. The Kier molecular flexibility index (Phi) is 3.09. The lowest BCUT2D eigenvalue weighted by Gasteiger charge is -2.42. The van der Waals surface area contributed by atoms with Crippen molar-refractivity contribution in [3.63, 3.8) is 0 Å². The summed E-state index contributed by atoms with van der Waals surface area (Å²) in [6.07, 6.45) is 9.70. The summed E-state index contributed by atoms with van der Waals surface area (Å²) >= 11 is 0. The normalized spacial score (nSPS) is 31.1. The molecule has 2 aliphatic rings. The van der Waals surface area contributed by atoms with Crippen LogP contribution < -0.4 is 4.74 Å². The van der Waals surface area contributed by atoms with Crippen LogP contribution in [0.25, 0.3) is 0 Å². The van der Waals surface area contributed by atoms with Gasteiger partial charge in [-0.2, -0.15) is 0 Å². The first-order valence-electron chi connectivity index (χ1n) is 7.39. The molecular weight excluding hydrogens is 220 g/mol. The highest BCUT2D eigenvalue weighted by molar-refractivity contribution is 5.42. The zero-order valence-corrected chi connectivity index (χ0v) is 11.7. The van der Waals surface area contributed by atoms with E-state index in [1.807, 2.05) is 0 Å². The summed E-state index contributed by atoms with van der Waals surface area (Å²) in [7, 11) is 1.77. The highest BCUT2D eigenvalue weighted by Gasteiger charge is 2.37. The van der Waals surface area contributed by atoms with E-state index in [1.54, 1.807) is 18.2 Å². The molecule has 0 aliphatic heterocycles. The average molecular weight is 244 g/mol. The molecule has 2 atom stereocenters. The minimum Gasteiger partial charge on any atom is -0.497 e. The van der Waals surface area contributed by atoms with E-state index in [1.165, 1.54) is 44.9 Å². The highest BCUT2D eigenvalue weighted by atomic mass is 16.5. The Morgan fingerprint density at radius 1 is 1.22 bits per heavy atom. The molecule has 2 unspecified atom stereocenters. The second kappa shape index (κ2) is 4.60. The monoisotopic (exact) mass is 244 g/mol. The van der Waals surface area contributed by atoms with Crippen molar-refractivity contribution in [1.82, 2.24) is 0 Å². The van der Waals surface area contributed by atoms with Gasteiger partial charge in [-0.3, -0.25) is 0 Å². The van der Waals surface area contributed by atoms with Crippen LogP contribution in [0.5, 0.6) is 5.75 Å². The SMILES string of the molecule is COc1ccc2c(c1)C1(C)CCCCCC(C2)C1. The van der Waals surface area contributed by atoms with Gasteiger partial charge in [0.1, 0.15) is 5.75 Å².